The Morgan fingerprint density at radius 1 is 0.465 bits per heavy atom. The number of aliphatic hydroxyl groups is 20. The molecule has 0 unspecified atom stereocenters. The van der Waals surface area contributed by atoms with Crippen molar-refractivity contribution in [2.24, 2.45) is 0 Å². The van der Waals surface area contributed by atoms with Crippen molar-refractivity contribution in [2.45, 2.75) is 255 Å². The van der Waals surface area contributed by atoms with Gasteiger partial charge in [-0.2, -0.15) is 0 Å². The Kier molecular flexibility index (Phi) is 31.0. The van der Waals surface area contributed by atoms with Gasteiger partial charge in [0.25, 0.3) is 5.79 Å². The number of hydrogen-bond acceptors (Lipinski definition) is 38. The van der Waals surface area contributed by atoms with Gasteiger partial charge in [-0.25, -0.2) is 4.79 Å². The molecule has 0 saturated carbocycles. The highest BCUT2D eigenvalue weighted by Crippen LogP contribution is 2.38. The number of ether oxygens (including phenoxy) is 12. The molecule has 6 rings (SSSR count). The van der Waals surface area contributed by atoms with Gasteiger partial charge in [-0.05, 0) is 0 Å². The summed E-state index contributed by atoms with van der Waals surface area (Å²) in [5.74, 6) is -9.70. The summed E-state index contributed by atoms with van der Waals surface area (Å²) < 4.78 is 70.1. The number of aliphatic hydroxyl groups excluding tert-OH is 20. The van der Waals surface area contributed by atoms with E-state index in [9.17, 15) is 136 Å². The molecule has 572 valence electrons. The molecule has 44 nitrogen and oxygen atoms in total. The smallest absolute Gasteiger partial charge is 0.364 e. The van der Waals surface area contributed by atoms with Crippen molar-refractivity contribution < 1.29 is 193 Å². The predicted molar refractivity (Wildman–Crippen MR) is 309 cm³/mol. The van der Waals surface area contributed by atoms with Crippen LogP contribution in [0.1, 0.15) is 41.0 Å². The summed E-state index contributed by atoms with van der Waals surface area (Å²) in [4.78, 5) is 75.8. The zero-order valence-corrected chi connectivity index (χ0v) is 53.7. The molecule has 5 amide bonds. The molecule has 0 aromatic heterocycles. The first-order valence-electron chi connectivity index (χ1n) is 31.1. The van der Waals surface area contributed by atoms with Gasteiger partial charge in [-0.3, -0.25) is 24.0 Å². The standard InChI is InChI=1S/C55H93N5O39/c1-15(67)56-20(7-61)44(34(76)23(74)13-89-55(54(86)87)6-21(72)29(57-16(2)68)47(99-55)33(75)22(73)8-62)95-50-31(59-18(4)70)39(81)46(27(12-66)92-50)97-53-43(85)48(37(79)28(94-53)14-88-49-30(58-17(3)69)38(80)35(77)24(9-63)90-49)98-51-32(60-19(5)71)40(82)45(26(11-65)93-51)96-52-42(84)41(83)36(78)25(10-64)91-52/h20-53,61-66,72-85H,6-14H2,1-5H3,(H,56,67)(H,57,68)(H,58,69)(H,59,70)(H,60,71)(H,86,87)/t20-,21-,22+,23+,24+,25+,26+,27+,28+,29+,30+,31+,32+,33+,34-,35+,36-,37-,38+,39+,40+,41-,42+,43+,44+,45+,46+,47+,48-,49+,50-,51-,52-,53-,55+/m0/s1. The number of carboxylic acid groups (broad SMARTS) is 1. The van der Waals surface area contributed by atoms with Gasteiger partial charge in [0.2, 0.25) is 29.5 Å². The first kappa shape index (κ1) is 83.5. The van der Waals surface area contributed by atoms with Gasteiger partial charge in [-0.15, -0.1) is 0 Å². The quantitative estimate of drug-likeness (QED) is 0.0306. The van der Waals surface area contributed by atoms with E-state index in [2.05, 4.69) is 26.6 Å². The number of carbonyl (C=O) groups excluding carboxylic acids is 5. The predicted octanol–water partition coefficient (Wildman–Crippen LogP) is -16.7. The molecule has 0 aliphatic carbocycles. The van der Waals surface area contributed by atoms with Crippen LogP contribution in [0.15, 0.2) is 0 Å². The van der Waals surface area contributed by atoms with Crippen molar-refractivity contribution in [3.63, 3.8) is 0 Å². The average Bonchev–Trinajstić information content (AvgIpc) is 0.800. The lowest BCUT2D eigenvalue weighted by atomic mass is 9.88. The van der Waals surface area contributed by atoms with Crippen LogP contribution in [-0.4, -0.2) is 410 Å². The molecule has 0 spiro atoms. The zero-order chi connectivity index (χ0) is 74.0. The molecule has 6 aliphatic rings. The number of aliphatic carboxylic acids is 1. The maximum atomic E-state index is 13.0. The van der Waals surface area contributed by atoms with Crippen molar-refractivity contribution in [3.8, 4) is 0 Å². The summed E-state index contributed by atoms with van der Waals surface area (Å²) in [5.41, 5.74) is 0. The summed E-state index contributed by atoms with van der Waals surface area (Å²) in [7, 11) is 0. The Morgan fingerprint density at radius 2 is 0.909 bits per heavy atom. The molecule has 0 radical (unpaired) electrons. The fourth-order valence-electron chi connectivity index (χ4n) is 12.1. The van der Waals surface area contributed by atoms with Gasteiger partial charge in [0.15, 0.2) is 31.5 Å². The van der Waals surface area contributed by atoms with Gasteiger partial charge in [0.05, 0.1) is 71.0 Å². The highest BCUT2D eigenvalue weighted by Gasteiger charge is 2.60. The first-order valence-corrected chi connectivity index (χ1v) is 31.1. The van der Waals surface area contributed by atoms with Gasteiger partial charge in [0, 0.05) is 41.0 Å². The second-order valence-corrected chi connectivity index (χ2v) is 24.5. The second kappa shape index (κ2) is 36.8. The molecule has 6 fully saturated rings. The van der Waals surface area contributed by atoms with Gasteiger partial charge in [0.1, 0.15) is 159 Å². The van der Waals surface area contributed by atoms with Crippen molar-refractivity contribution in [1.29, 1.82) is 0 Å². The van der Waals surface area contributed by atoms with Crippen LogP contribution in [0.3, 0.4) is 0 Å². The molecule has 99 heavy (non-hydrogen) atoms. The number of carboxylic acids is 1. The fraction of sp³-hybridized carbons (Fsp3) is 0.891. The molecule has 44 heteroatoms. The number of amides is 5. The maximum Gasteiger partial charge on any atom is 0.364 e. The van der Waals surface area contributed by atoms with Crippen molar-refractivity contribution in [3.05, 3.63) is 0 Å². The molecule has 0 aromatic carbocycles. The van der Waals surface area contributed by atoms with E-state index in [0.29, 0.717) is 0 Å². The third-order valence-corrected chi connectivity index (χ3v) is 17.2. The summed E-state index contributed by atoms with van der Waals surface area (Å²) in [6.07, 6.45) is -61.4. The summed E-state index contributed by atoms with van der Waals surface area (Å²) >= 11 is 0. The minimum absolute atomic E-state index is 0.804. The third kappa shape index (κ3) is 19.9. The summed E-state index contributed by atoms with van der Waals surface area (Å²) in [6.45, 7) is -4.19. The van der Waals surface area contributed by atoms with Crippen LogP contribution < -0.4 is 26.6 Å². The molecule has 0 bridgehead atoms. The fourth-order valence-corrected chi connectivity index (χ4v) is 12.1. The van der Waals surface area contributed by atoms with Crippen LogP contribution >= 0.6 is 0 Å². The lowest BCUT2D eigenvalue weighted by molar-refractivity contribution is -0.382. The van der Waals surface area contributed by atoms with Crippen LogP contribution in [0, 0.1) is 0 Å². The maximum absolute atomic E-state index is 13.0. The molecule has 35 atom stereocenters. The first-order chi connectivity index (χ1) is 46.5. The summed E-state index contributed by atoms with van der Waals surface area (Å²) in [5, 5.41) is 241. The normalized spacial score (nSPS) is 41.5. The summed E-state index contributed by atoms with van der Waals surface area (Å²) in [6, 6.07) is -9.11. The van der Waals surface area contributed by atoms with E-state index in [-0.39, 0.29) is 0 Å². The van der Waals surface area contributed by atoms with E-state index in [1.165, 1.54) is 0 Å². The number of carbonyl (C=O) groups is 6. The van der Waals surface area contributed by atoms with Crippen LogP contribution in [0.2, 0.25) is 0 Å². The van der Waals surface area contributed by atoms with Crippen LogP contribution in [0.4, 0.5) is 0 Å². The minimum atomic E-state index is -3.12. The zero-order valence-electron chi connectivity index (χ0n) is 53.7. The van der Waals surface area contributed by atoms with E-state index in [1.54, 1.807) is 0 Å². The lowest BCUT2D eigenvalue weighted by Crippen LogP contribution is -2.70. The Labute approximate surface area is 561 Å². The molecular weight excluding hydrogens is 1350 g/mol. The van der Waals surface area contributed by atoms with Crippen LogP contribution in [0.25, 0.3) is 0 Å². The number of rotatable bonds is 31. The molecule has 0 aromatic rings. The van der Waals surface area contributed by atoms with Gasteiger partial charge in [-0.1, -0.05) is 0 Å². The monoisotopic (exact) mass is 1450 g/mol. The highest BCUT2D eigenvalue weighted by atomic mass is 16.8. The Hall–Kier alpha value is -4.46. The van der Waals surface area contributed by atoms with Crippen LogP contribution in [-0.2, 0) is 85.6 Å². The molecule has 6 heterocycles. The minimum Gasteiger partial charge on any atom is -0.477 e. The largest absolute Gasteiger partial charge is 0.477 e. The van der Waals surface area contributed by atoms with Gasteiger partial charge < -0.3 is 191 Å². The lowest BCUT2D eigenvalue weighted by Gasteiger charge is -2.50. The number of hydrogen-bond donors (Lipinski definition) is 26. The van der Waals surface area contributed by atoms with E-state index < -0.39 is 309 Å². The Balaban J connectivity index is 1.33. The Bertz CT molecular complexity index is 2610. The molecule has 6 aliphatic heterocycles. The van der Waals surface area contributed by atoms with E-state index in [0.717, 1.165) is 34.6 Å². The second-order valence-electron chi connectivity index (χ2n) is 24.5. The number of nitrogens with one attached hydrogen (secondary N) is 5. The average molecular weight is 1450 g/mol. The van der Waals surface area contributed by atoms with Crippen molar-refractivity contribution in [1.82, 2.24) is 26.6 Å². The van der Waals surface area contributed by atoms with E-state index >= 15 is 0 Å². The van der Waals surface area contributed by atoms with Gasteiger partial charge >= 0.3 is 5.97 Å². The topological polar surface area (TPSA) is 698 Å². The molecule has 26 N–H and O–H groups in total. The van der Waals surface area contributed by atoms with E-state index in [4.69, 9.17) is 56.8 Å². The SMILES string of the molecule is CC(=O)N[C@H]1[C@H](O[C@H]2[C@@H](O)[C@@H](CO[C@@H]3O[C@H](CO)[C@@H](O)[C@H](O)[C@H]3NC(C)=O)O[C@@H](O[C@H]3[C@H](O)[C@@H](NC(C)=O)[C@H](O[C@@H]([C@@H](O)[C@H](O)CO[C@]4(C(=O)O)C[C@H](O)[C@@H](NC(C)=O)[C@H]([C@H](O)[C@H](O)CO)O4)[C@H](CO)NC(C)=O)O[C@@H]3CO)[C@@H]2O)O[C@H](CO)[C@@H](O[C@@H]2O[C@H](CO)[C@H](O)[C@H](O)[C@H]2O)[C@@H]1O. The Morgan fingerprint density at radius 3 is 1.39 bits per heavy atom. The molecule has 6 saturated heterocycles. The van der Waals surface area contributed by atoms with Crippen LogP contribution in [0.5, 0.6) is 0 Å². The third-order valence-electron chi connectivity index (χ3n) is 17.2. The van der Waals surface area contributed by atoms with E-state index in [1.807, 2.05) is 0 Å². The highest BCUT2D eigenvalue weighted by molar-refractivity contribution is 5.77. The van der Waals surface area contributed by atoms with Crippen molar-refractivity contribution in [2.75, 3.05) is 52.9 Å². The van der Waals surface area contributed by atoms with Crippen molar-refractivity contribution >= 4 is 35.5 Å². The molecular formula is C55H93N5O39.